The molecule has 1 N–H and O–H groups in total. The molecule has 2 aliphatic heterocycles. The van der Waals surface area contributed by atoms with Crippen LogP contribution >= 0.6 is 0 Å². The maximum atomic E-state index is 12.7. The summed E-state index contributed by atoms with van der Waals surface area (Å²) < 4.78 is 0. The van der Waals surface area contributed by atoms with Crippen LogP contribution in [0.2, 0.25) is 0 Å². The Bertz CT molecular complexity index is 483. The van der Waals surface area contributed by atoms with Crippen LogP contribution in [0.4, 0.5) is 0 Å². The van der Waals surface area contributed by atoms with Gasteiger partial charge in [-0.15, -0.1) is 0 Å². The summed E-state index contributed by atoms with van der Waals surface area (Å²) in [6.07, 6.45) is 6.11. The standard InChI is InChI=1S/C19H33N3O3/c1-19(2,3)18(25)20-14-16(23)21-12-8-15(9-13-21)17(24)22-10-6-4-5-7-11-22/h15H,4-14H2,1-3H3,(H,20,25). The van der Waals surface area contributed by atoms with Crippen molar-refractivity contribution in [1.82, 2.24) is 15.1 Å². The second kappa shape index (κ2) is 8.68. The predicted octanol–water partition coefficient (Wildman–Crippen LogP) is 1.79. The summed E-state index contributed by atoms with van der Waals surface area (Å²) in [6.45, 7) is 8.50. The smallest absolute Gasteiger partial charge is 0.241 e. The minimum Gasteiger partial charge on any atom is -0.347 e. The van der Waals surface area contributed by atoms with Crippen LogP contribution in [0.1, 0.15) is 59.3 Å². The lowest BCUT2D eigenvalue weighted by atomic mass is 9.94. The molecule has 6 heteroatoms. The van der Waals surface area contributed by atoms with Crippen LogP contribution in [-0.2, 0) is 14.4 Å². The van der Waals surface area contributed by atoms with Gasteiger partial charge in [-0.25, -0.2) is 0 Å². The first-order chi connectivity index (χ1) is 11.8. The van der Waals surface area contributed by atoms with Gasteiger partial charge in [-0.05, 0) is 25.7 Å². The summed E-state index contributed by atoms with van der Waals surface area (Å²) in [7, 11) is 0. The highest BCUT2D eigenvalue weighted by Crippen LogP contribution is 2.22. The van der Waals surface area contributed by atoms with E-state index in [9.17, 15) is 14.4 Å². The molecule has 6 nitrogen and oxygen atoms in total. The minimum absolute atomic E-state index is 0.0425. The zero-order valence-corrected chi connectivity index (χ0v) is 16.0. The molecule has 0 unspecified atom stereocenters. The third-order valence-corrected chi connectivity index (χ3v) is 5.20. The van der Waals surface area contributed by atoms with Gasteiger partial charge in [0.2, 0.25) is 17.7 Å². The molecule has 0 atom stereocenters. The SMILES string of the molecule is CC(C)(C)C(=O)NCC(=O)N1CCC(C(=O)N2CCCCCC2)CC1. The summed E-state index contributed by atoms with van der Waals surface area (Å²) in [6, 6.07) is 0. The number of likely N-dealkylation sites (tertiary alicyclic amines) is 2. The first-order valence-corrected chi connectivity index (χ1v) is 9.64. The van der Waals surface area contributed by atoms with Crippen molar-refractivity contribution in [3.63, 3.8) is 0 Å². The van der Waals surface area contributed by atoms with Crippen LogP contribution in [0.3, 0.4) is 0 Å². The van der Waals surface area contributed by atoms with Gasteiger partial charge in [0.25, 0.3) is 0 Å². The van der Waals surface area contributed by atoms with Crippen molar-refractivity contribution >= 4 is 17.7 Å². The molecule has 0 aromatic heterocycles. The normalized spacial score (nSPS) is 20.1. The fourth-order valence-electron chi connectivity index (χ4n) is 3.46. The highest BCUT2D eigenvalue weighted by Gasteiger charge is 2.30. The molecule has 2 fully saturated rings. The largest absolute Gasteiger partial charge is 0.347 e. The van der Waals surface area contributed by atoms with Gasteiger partial charge in [-0.3, -0.25) is 14.4 Å². The third kappa shape index (κ3) is 5.72. The van der Waals surface area contributed by atoms with Crippen molar-refractivity contribution in [2.45, 2.75) is 59.3 Å². The lowest BCUT2D eigenvalue weighted by molar-refractivity contribution is -0.141. The zero-order valence-electron chi connectivity index (χ0n) is 16.0. The van der Waals surface area contributed by atoms with Crippen LogP contribution in [0.5, 0.6) is 0 Å². The average molecular weight is 351 g/mol. The van der Waals surface area contributed by atoms with E-state index in [-0.39, 0.29) is 30.2 Å². The van der Waals surface area contributed by atoms with Crippen LogP contribution in [0.15, 0.2) is 0 Å². The molecule has 0 saturated carbocycles. The number of piperidine rings is 1. The van der Waals surface area contributed by atoms with E-state index in [0.717, 1.165) is 38.8 Å². The summed E-state index contributed by atoms with van der Waals surface area (Å²) in [5.74, 6) is 0.145. The lowest BCUT2D eigenvalue weighted by Crippen LogP contribution is -2.48. The molecular formula is C19H33N3O3. The second-order valence-electron chi connectivity index (χ2n) is 8.33. The number of hydrogen-bond donors (Lipinski definition) is 1. The molecule has 0 bridgehead atoms. The van der Waals surface area contributed by atoms with E-state index in [1.54, 1.807) is 4.90 Å². The Hall–Kier alpha value is -1.59. The number of carbonyl (C=O) groups is 3. The molecule has 0 aliphatic carbocycles. The van der Waals surface area contributed by atoms with Gasteiger partial charge >= 0.3 is 0 Å². The van der Waals surface area contributed by atoms with Crippen LogP contribution in [-0.4, -0.2) is 60.2 Å². The third-order valence-electron chi connectivity index (χ3n) is 5.20. The highest BCUT2D eigenvalue weighted by molar-refractivity contribution is 5.87. The second-order valence-corrected chi connectivity index (χ2v) is 8.33. The Kier molecular flexibility index (Phi) is 6.85. The molecule has 3 amide bonds. The summed E-state index contributed by atoms with van der Waals surface area (Å²) in [5, 5.41) is 2.71. The van der Waals surface area contributed by atoms with Gasteiger partial charge in [0.05, 0.1) is 6.54 Å². The van der Waals surface area contributed by atoms with Crippen molar-refractivity contribution in [3.8, 4) is 0 Å². The number of nitrogens with one attached hydrogen (secondary N) is 1. The number of nitrogens with zero attached hydrogens (tertiary/aromatic N) is 2. The van der Waals surface area contributed by atoms with Gasteiger partial charge in [-0.1, -0.05) is 33.6 Å². The van der Waals surface area contributed by atoms with E-state index >= 15 is 0 Å². The van der Waals surface area contributed by atoms with Crippen molar-refractivity contribution in [1.29, 1.82) is 0 Å². The quantitative estimate of drug-likeness (QED) is 0.843. The van der Waals surface area contributed by atoms with Crippen LogP contribution < -0.4 is 5.32 Å². The number of hydrogen-bond acceptors (Lipinski definition) is 3. The van der Waals surface area contributed by atoms with Crippen LogP contribution in [0, 0.1) is 11.3 Å². The summed E-state index contributed by atoms with van der Waals surface area (Å²) in [5.41, 5.74) is -0.493. The molecule has 142 valence electrons. The Morgan fingerprint density at radius 1 is 0.880 bits per heavy atom. The Labute approximate surface area is 151 Å². The maximum absolute atomic E-state index is 12.7. The fraction of sp³-hybridized carbons (Fsp3) is 0.842. The number of carbonyl (C=O) groups excluding carboxylic acids is 3. The van der Waals surface area contributed by atoms with E-state index in [1.807, 2.05) is 25.7 Å². The molecule has 2 aliphatic rings. The molecule has 0 aromatic carbocycles. The van der Waals surface area contributed by atoms with Crippen molar-refractivity contribution in [2.75, 3.05) is 32.7 Å². The average Bonchev–Trinajstić information content (AvgIpc) is 2.87. The molecule has 0 aromatic rings. The molecule has 25 heavy (non-hydrogen) atoms. The van der Waals surface area contributed by atoms with Gasteiger partial charge in [-0.2, -0.15) is 0 Å². The van der Waals surface area contributed by atoms with Gasteiger partial charge in [0.15, 0.2) is 0 Å². The van der Waals surface area contributed by atoms with Crippen molar-refractivity contribution in [2.24, 2.45) is 11.3 Å². The summed E-state index contributed by atoms with van der Waals surface area (Å²) >= 11 is 0. The van der Waals surface area contributed by atoms with Gasteiger partial charge < -0.3 is 15.1 Å². The van der Waals surface area contributed by atoms with Crippen molar-refractivity contribution < 1.29 is 14.4 Å². The lowest BCUT2D eigenvalue weighted by Gasteiger charge is -2.34. The van der Waals surface area contributed by atoms with Gasteiger partial charge in [0.1, 0.15) is 0 Å². The molecule has 2 heterocycles. The van der Waals surface area contributed by atoms with E-state index in [2.05, 4.69) is 5.32 Å². The topological polar surface area (TPSA) is 69.7 Å². The van der Waals surface area contributed by atoms with E-state index < -0.39 is 5.41 Å². The predicted molar refractivity (Wildman–Crippen MR) is 96.8 cm³/mol. The van der Waals surface area contributed by atoms with E-state index in [0.29, 0.717) is 13.1 Å². The van der Waals surface area contributed by atoms with E-state index in [4.69, 9.17) is 0 Å². The van der Waals surface area contributed by atoms with E-state index in [1.165, 1.54) is 12.8 Å². The number of amides is 3. The Balaban J connectivity index is 1.75. The Morgan fingerprint density at radius 3 is 1.96 bits per heavy atom. The molecule has 0 spiro atoms. The van der Waals surface area contributed by atoms with Crippen LogP contribution in [0.25, 0.3) is 0 Å². The molecular weight excluding hydrogens is 318 g/mol. The monoisotopic (exact) mass is 351 g/mol. The first-order valence-electron chi connectivity index (χ1n) is 9.64. The number of rotatable bonds is 3. The highest BCUT2D eigenvalue weighted by atomic mass is 16.2. The zero-order chi connectivity index (χ0) is 18.4. The molecule has 2 rings (SSSR count). The minimum atomic E-state index is -0.493. The van der Waals surface area contributed by atoms with Gasteiger partial charge in [0, 0.05) is 37.5 Å². The Morgan fingerprint density at radius 2 is 1.44 bits per heavy atom. The maximum Gasteiger partial charge on any atom is 0.241 e. The molecule has 0 radical (unpaired) electrons. The first kappa shape index (κ1) is 19.7. The molecule has 2 saturated heterocycles. The van der Waals surface area contributed by atoms with Crippen molar-refractivity contribution in [3.05, 3.63) is 0 Å². The summed E-state index contributed by atoms with van der Waals surface area (Å²) in [4.78, 5) is 40.6. The fourth-order valence-corrected chi connectivity index (χ4v) is 3.46.